The Hall–Kier alpha value is -2.27. The second-order valence-corrected chi connectivity index (χ2v) is 4.23. The highest BCUT2D eigenvalue weighted by Crippen LogP contribution is 2.35. The molecule has 6 heteroatoms. The maximum Gasteiger partial charge on any atom is 0.338 e. The minimum absolute atomic E-state index is 0.00490. The molecule has 0 saturated heterocycles. The van der Waals surface area contributed by atoms with Crippen molar-refractivity contribution in [2.45, 2.75) is 0 Å². The second-order valence-electron chi connectivity index (χ2n) is 3.82. The summed E-state index contributed by atoms with van der Waals surface area (Å²) in [5.74, 6) is -1.51. The van der Waals surface area contributed by atoms with Crippen LogP contribution >= 0.6 is 11.6 Å². The molecule has 2 rings (SSSR count). The summed E-state index contributed by atoms with van der Waals surface area (Å²) in [5, 5.41) is 8.79. The number of benzene rings is 2. The predicted molar refractivity (Wildman–Crippen MR) is 71.4 cm³/mol. The first kappa shape index (κ1) is 14.1. The molecular formula is C14H10ClFO4. The quantitative estimate of drug-likeness (QED) is 0.927. The summed E-state index contributed by atoms with van der Waals surface area (Å²) >= 11 is 5.90. The zero-order chi connectivity index (χ0) is 14.7. The van der Waals surface area contributed by atoms with E-state index < -0.39 is 17.3 Å². The van der Waals surface area contributed by atoms with Crippen molar-refractivity contribution in [2.24, 2.45) is 0 Å². The van der Waals surface area contributed by atoms with Gasteiger partial charge in [0.1, 0.15) is 11.6 Å². The lowest BCUT2D eigenvalue weighted by Gasteiger charge is -2.11. The molecule has 0 spiro atoms. The molecule has 0 atom stereocenters. The van der Waals surface area contributed by atoms with Gasteiger partial charge in [-0.2, -0.15) is 0 Å². The zero-order valence-corrected chi connectivity index (χ0v) is 11.1. The number of para-hydroxylation sites is 2. The van der Waals surface area contributed by atoms with E-state index in [4.69, 9.17) is 26.2 Å². The topological polar surface area (TPSA) is 55.8 Å². The molecule has 0 aliphatic carbocycles. The average molecular weight is 297 g/mol. The molecule has 2 aromatic carbocycles. The summed E-state index contributed by atoms with van der Waals surface area (Å²) in [6.07, 6.45) is 0. The van der Waals surface area contributed by atoms with Gasteiger partial charge in [-0.15, -0.1) is 0 Å². The Morgan fingerprint density at radius 1 is 1.20 bits per heavy atom. The smallest absolute Gasteiger partial charge is 0.338 e. The first-order valence-corrected chi connectivity index (χ1v) is 5.94. The van der Waals surface area contributed by atoms with Crippen LogP contribution < -0.4 is 9.47 Å². The molecule has 2 aromatic rings. The van der Waals surface area contributed by atoms with Crippen molar-refractivity contribution in [1.82, 2.24) is 0 Å². The van der Waals surface area contributed by atoms with Crippen molar-refractivity contribution in [3.8, 4) is 17.2 Å². The molecule has 0 saturated carbocycles. The highest BCUT2D eigenvalue weighted by molar-refractivity contribution is 6.32. The van der Waals surface area contributed by atoms with E-state index in [0.717, 1.165) is 12.1 Å². The highest BCUT2D eigenvalue weighted by Gasteiger charge is 2.16. The van der Waals surface area contributed by atoms with Gasteiger partial charge in [0.15, 0.2) is 11.5 Å². The maximum absolute atomic E-state index is 13.6. The van der Waals surface area contributed by atoms with Crippen molar-refractivity contribution < 1.29 is 23.8 Å². The van der Waals surface area contributed by atoms with Crippen molar-refractivity contribution >= 4 is 17.6 Å². The number of halogens is 2. The molecule has 0 aliphatic heterocycles. The van der Waals surface area contributed by atoms with Gasteiger partial charge in [0, 0.05) is 6.07 Å². The fraction of sp³-hybridized carbons (Fsp3) is 0.0714. The van der Waals surface area contributed by atoms with Crippen LogP contribution in [0.1, 0.15) is 10.4 Å². The summed E-state index contributed by atoms with van der Waals surface area (Å²) in [7, 11) is 1.47. The van der Waals surface area contributed by atoms with Gasteiger partial charge in [0.2, 0.25) is 0 Å². The number of ether oxygens (including phenoxy) is 2. The van der Waals surface area contributed by atoms with Gasteiger partial charge in [-0.25, -0.2) is 9.18 Å². The molecule has 0 amide bonds. The van der Waals surface area contributed by atoms with Gasteiger partial charge in [-0.1, -0.05) is 23.7 Å². The minimum Gasteiger partial charge on any atom is -0.493 e. The summed E-state index contributed by atoms with van der Waals surface area (Å²) in [6.45, 7) is 0. The predicted octanol–water partition coefficient (Wildman–Crippen LogP) is 3.98. The third-order valence-electron chi connectivity index (χ3n) is 2.54. The number of carbonyl (C=O) groups is 1. The molecule has 0 aromatic heterocycles. The van der Waals surface area contributed by atoms with Crippen LogP contribution in [0.4, 0.5) is 4.39 Å². The summed E-state index contributed by atoms with van der Waals surface area (Å²) in [5.41, 5.74) is -0.512. The molecule has 0 unspecified atom stereocenters. The van der Waals surface area contributed by atoms with E-state index in [-0.39, 0.29) is 10.8 Å². The molecule has 0 aliphatic rings. The number of carboxylic acids is 1. The Morgan fingerprint density at radius 2 is 1.85 bits per heavy atom. The number of aromatic carboxylic acids is 1. The van der Waals surface area contributed by atoms with Crippen molar-refractivity contribution in [3.05, 3.63) is 52.8 Å². The van der Waals surface area contributed by atoms with E-state index >= 15 is 0 Å². The molecule has 0 fully saturated rings. The fourth-order valence-electron chi connectivity index (χ4n) is 1.59. The Labute approximate surface area is 119 Å². The minimum atomic E-state index is -1.40. The van der Waals surface area contributed by atoms with Gasteiger partial charge in [0.25, 0.3) is 0 Å². The van der Waals surface area contributed by atoms with E-state index in [9.17, 15) is 9.18 Å². The monoisotopic (exact) mass is 296 g/mol. The molecular weight excluding hydrogens is 287 g/mol. The lowest BCUT2D eigenvalue weighted by molar-refractivity contribution is 0.0692. The van der Waals surface area contributed by atoms with Gasteiger partial charge < -0.3 is 14.6 Å². The second kappa shape index (κ2) is 5.79. The number of hydrogen-bond acceptors (Lipinski definition) is 3. The lowest BCUT2D eigenvalue weighted by Crippen LogP contribution is -2.01. The van der Waals surface area contributed by atoms with Gasteiger partial charge in [-0.3, -0.25) is 0 Å². The highest BCUT2D eigenvalue weighted by atomic mass is 35.5. The van der Waals surface area contributed by atoms with Gasteiger partial charge in [-0.05, 0) is 18.2 Å². The van der Waals surface area contributed by atoms with Crippen LogP contribution in [0.25, 0.3) is 0 Å². The summed E-state index contributed by atoms with van der Waals surface area (Å²) in [4.78, 5) is 10.8. The van der Waals surface area contributed by atoms with Crippen molar-refractivity contribution in [1.29, 1.82) is 0 Å². The van der Waals surface area contributed by atoms with E-state index in [1.54, 1.807) is 24.3 Å². The third-order valence-corrected chi connectivity index (χ3v) is 2.84. The molecule has 0 radical (unpaired) electrons. The Bertz CT molecular complexity index is 658. The Morgan fingerprint density at radius 3 is 2.45 bits per heavy atom. The van der Waals surface area contributed by atoms with E-state index in [0.29, 0.717) is 11.5 Å². The molecule has 1 N–H and O–H groups in total. The Balaban J connectivity index is 2.39. The maximum atomic E-state index is 13.6. The van der Waals surface area contributed by atoms with Crippen LogP contribution in [0.3, 0.4) is 0 Å². The first-order valence-electron chi connectivity index (χ1n) is 5.56. The van der Waals surface area contributed by atoms with E-state index in [2.05, 4.69) is 0 Å². The van der Waals surface area contributed by atoms with Crippen molar-refractivity contribution in [3.63, 3.8) is 0 Å². The van der Waals surface area contributed by atoms with Crippen LogP contribution in [0.2, 0.25) is 5.02 Å². The number of rotatable bonds is 4. The third kappa shape index (κ3) is 2.83. The van der Waals surface area contributed by atoms with E-state index in [1.807, 2.05) is 0 Å². The SMILES string of the molecule is COc1ccccc1Oc1cc(F)c(C(=O)O)cc1Cl. The number of carboxylic acid groups (broad SMARTS) is 1. The van der Waals surface area contributed by atoms with Crippen LogP contribution in [0, 0.1) is 5.82 Å². The average Bonchev–Trinajstić information content (AvgIpc) is 2.42. The molecule has 20 heavy (non-hydrogen) atoms. The van der Waals surface area contributed by atoms with Crippen LogP contribution in [-0.4, -0.2) is 18.2 Å². The zero-order valence-electron chi connectivity index (χ0n) is 10.4. The fourth-order valence-corrected chi connectivity index (χ4v) is 1.79. The molecule has 4 nitrogen and oxygen atoms in total. The number of hydrogen-bond donors (Lipinski definition) is 1. The first-order chi connectivity index (χ1) is 9.52. The van der Waals surface area contributed by atoms with Crippen LogP contribution in [-0.2, 0) is 0 Å². The summed E-state index contributed by atoms with van der Waals surface area (Å²) < 4.78 is 24.2. The molecule has 0 heterocycles. The lowest BCUT2D eigenvalue weighted by atomic mass is 10.2. The largest absolute Gasteiger partial charge is 0.493 e. The standard InChI is InChI=1S/C14H10ClFO4/c1-19-11-4-2-3-5-12(11)20-13-7-10(16)8(14(17)18)6-9(13)15/h2-7H,1H3,(H,17,18). The van der Waals surface area contributed by atoms with Gasteiger partial charge >= 0.3 is 5.97 Å². The van der Waals surface area contributed by atoms with Crippen LogP contribution in [0.15, 0.2) is 36.4 Å². The normalized spacial score (nSPS) is 10.2. The molecule has 104 valence electrons. The van der Waals surface area contributed by atoms with Gasteiger partial charge in [0.05, 0.1) is 17.7 Å². The number of methoxy groups -OCH3 is 1. The summed E-state index contributed by atoms with van der Waals surface area (Å²) in [6, 6.07) is 8.70. The van der Waals surface area contributed by atoms with Crippen molar-refractivity contribution in [2.75, 3.05) is 7.11 Å². The molecule has 0 bridgehead atoms. The van der Waals surface area contributed by atoms with Crippen LogP contribution in [0.5, 0.6) is 17.2 Å². The Kier molecular flexibility index (Phi) is 4.10. The van der Waals surface area contributed by atoms with E-state index in [1.165, 1.54) is 7.11 Å².